The van der Waals surface area contributed by atoms with Crippen LogP contribution in [0.15, 0.2) is 23.0 Å². The lowest BCUT2D eigenvalue weighted by Crippen LogP contribution is -2.26. The third-order valence-electron chi connectivity index (χ3n) is 2.33. The summed E-state index contributed by atoms with van der Waals surface area (Å²) in [5.74, 6) is 0. The van der Waals surface area contributed by atoms with Crippen molar-refractivity contribution in [3.63, 3.8) is 0 Å². The Labute approximate surface area is 88.5 Å². The molecule has 3 nitrogen and oxygen atoms in total. The Morgan fingerprint density at radius 1 is 1.38 bits per heavy atom. The van der Waals surface area contributed by atoms with Crippen LogP contribution in [0, 0.1) is 6.92 Å². The molecule has 0 saturated heterocycles. The average molecular weight is 230 g/mol. The van der Waals surface area contributed by atoms with Gasteiger partial charge in [-0.3, -0.25) is 4.57 Å². The SMILES string of the molecule is Cc1cccc2[nH]c(=O)n(CC(F)(F)F)c12. The molecule has 6 heteroatoms. The molecule has 0 saturated carbocycles. The second-order valence-electron chi connectivity index (χ2n) is 3.60. The van der Waals surface area contributed by atoms with Crippen molar-refractivity contribution in [2.75, 3.05) is 0 Å². The molecule has 1 aromatic carbocycles. The van der Waals surface area contributed by atoms with E-state index in [0.717, 1.165) is 0 Å². The van der Waals surface area contributed by atoms with Crippen LogP contribution < -0.4 is 5.69 Å². The molecule has 0 unspecified atom stereocenters. The van der Waals surface area contributed by atoms with Crippen LogP contribution in [-0.4, -0.2) is 15.7 Å². The second-order valence-corrected chi connectivity index (χ2v) is 3.60. The van der Waals surface area contributed by atoms with Gasteiger partial charge in [0.15, 0.2) is 0 Å². The number of aromatic nitrogens is 2. The maximum absolute atomic E-state index is 12.3. The van der Waals surface area contributed by atoms with Gasteiger partial charge in [-0.15, -0.1) is 0 Å². The van der Waals surface area contributed by atoms with Gasteiger partial charge >= 0.3 is 11.9 Å². The van der Waals surface area contributed by atoms with Crippen LogP contribution in [-0.2, 0) is 6.54 Å². The number of H-pyrrole nitrogens is 1. The van der Waals surface area contributed by atoms with Gasteiger partial charge in [0.05, 0.1) is 11.0 Å². The zero-order valence-corrected chi connectivity index (χ0v) is 8.43. The normalized spacial score (nSPS) is 12.2. The maximum Gasteiger partial charge on any atom is 0.406 e. The van der Waals surface area contributed by atoms with E-state index >= 15 is 0 Å². The first kappa shape index (κ1) is 10.8. The van der Waals surface area contributed by atoms with Gasteiger partial charge in [-0.25, -0.2) is 4.79 Å². The zero-order valence-electron chi connectivity index (χ0n) is 8.43. The second kappa shape index (κ2) is 3.40. The fourth-order valence-electron chi connectivity index (χ4n) is 1.73. The predicted octanol–water partition coefficient (Wildman–Crippen LogP) is 2.20. The summed E-state index contributed by atoms with van der Waals surface area (Å²) in [7, 11) is 0. The highest BCUT2D eigenvalue weighted by Crippen LogP contribution is 2.21. The minimum atomic E-state index is -4.40. The Morgan fingerprint density at radius 3 is 2.69 bits per heavy atom. The van der Waals surface area contributed by atoms with Crippen molar-refractivity contribution in [3.8, 4) is 0 Å². The highest BCUT2D eigenvalue weighted by Gasteiger charge is 2.30. The molecule has 0 spiro atoms. The van der Waals surface area contributed by atoms with E-state index in [9.17, 15) is 18.0 Å². The molecule has 16 heavy (non-hydrogen) atoms. The monoisotopic (exact) mass is 230 g/mol. The number of alkyl halides is 3. The van der Waals surface area contributed by atoms with Crippen molar-refractivity contribution in [2.45, 2.75) is 19.6 Å². The highest BCUT2D eigenvalue weighted by molar-refractivity contribution is 5.78. The third kappa shape index (κ3) is 1.82. The van der Waals surface area contributed by atoms with E-state index < -0.39 is 18.4 Å². The number of rotatable bonds is 1. The van der Waals surface area contributed by atoms with E-state index in [-0.39, 0.29) is 0 Å². The smallest absolute Gasteiger partial charge is 0.306 e. The molecule has 86 valence electrons. The first-order chi connectivity index (χ1) is 7.38. The summed E-state index contributed by atoms with van der Waals surface area (Å²) in [6.45, 7) is 0.402. The van der Waals surface area contributed by atoms with E-state index in [4.69, 9.17) is 0 Å². The largest absolute Gasteiger partial charge is 0.406 e. The topological polar surface area (TPSA) is 37.8 Å². The fraction of sp³-hybridized carbons (Fsp3) is 0.300. The van der Waals surface area contributed by atoms with Crippen LogP contribution in [0.25, 0.3) is 11.0 Å². The molecule has 0 fully saturated rings. The summed E-state index contributed by atoms with van der Waals surface area (Å²) < 4.78 is 37.6. The molecule has 0 amide bonds. The number of aromatic amines is 1. The van der Waals surface area contributed by atoms with Crippen LogP contribution in [0.2, 0.25) is 0 Å². The van der Waals surface area contributed by atoms with E-state index in [1.54, 1.807) is 25.1 Å². The number of halogens is 3. The van der Waals surface area contributed by atoms with Crippen molar-refractivity contribution < 1.29 is 13.2 Å². The van der Waals surface area contributed by atoms with Crippen LogP contribution >= 0.6 is 0 Å². The van der Waals surface area contributed by atoms with E-state index in [0.29, 0.717) is 21.2 Å². The molecule has 0 radical (unpaired) electrons. The zero-order chi connectivity index (χ0) is 11.9. The van der Waals surface area contributed by atoms with Gasteiger partial charge in [-0.1, -0.05) is 12.1 Å². The maximum atomic E-state index is 12.3. The lowest BCUT2D eigenvalue weighted by Gasteiger charge is -2.08. The number of nitrogens with one attached hydrogen (secondary N) is 1. The van der Waals surface area contributed by atoms with Crippen molar-refractivity contribution in [1.29, 1.82) is 0 Å². The number of imidazole rings is 1. The molecule has 1 heterocycles. The first-order valence-corrected chi connectivity index (χ1v) is 4.63. The molecule has 1 aromatic heterocycles. The minimum Gasteiger partial charge on any atom is -0.306 e. The van der Waals surface area contributed by atoms with Crippen LogP contribution in [0.5, 0.6) is 0 Å². The number of benzene rings is 1. The number of nitrogens with zero attached hydrogens (tertiary/aromatic N) is 1. The number of aryl methyl sites for hydroxylation is 1. The lowest BCUT2D eigenvalue weighted by atomic mass is 10.2. The van der Waals surface area contributed by atoms with Gasteiger partial charge in [0.1, 0.15) is 6.54 Å². The average Bonchev–Trinajstić information content (AvgIpc) is 2.42. The van der Waals surface area contributed by atoms with Gasteiger partial charge in [-0.05, 0) is 18.6 Å². The summed E-state index contributed by atoms with van der Waals surface area (Å²) in [6, 6.07) is 4.94. The predicted molar refractivity (Wildman–Crippen MR) is 53.4 cm³/mol. The molecule has 1 N–H and O–H groups in total. The Morgan fingerprint density at radius 2 is 2.06 bits per heavy atom. The molecule has 2 rings (SSSR count). The molecule has 0 atom stereocenters. The number of hydrogen-bond donors (Lipinski definition) is 1. The van der Waals surface area contributed by atoms with Crippen molar-refractivity contribution in [3.05, 3.63) is 34.2 Å². The molecular weight excluding hydrogens is 221 g/mol. The Bertz CT molecular complexity index is 580. The molecule has 0 bridgehead atoms. The number of hydrogen-bond acceptors (Lipinski definition) is 1. The summed E-state index contributed by atoms with van der Waals surface area (Å²) in [4.78, 5) is 13.8. The Kier molecular flexibility index (Phi) is 2.29. The van der Waals surface area contributed by atoms with Crippen LogP contribution in [0.3, 0.4) is 0 Å². The Hall–Kier alpha value is -1.72. The van der Waals surface area contributed by atoms with Gasteiger partial charge < -0.3 is 4.98 Å². The summed E-state index contributed by atoms with van der Waals surface area (Å²) >= 11 is 0. The van der Waals surface area contributed by atoms with Gasteiger partial charge in [0.2, 0.25) is 0 Å². The minimum absolute atomic E-state index is 0.310. The van der Waals surface area contributed by atoms with E-state index in [2.05, 4.69) is 4.98 Å². The van der Waals surface area contributed by atoms with Crippen molar-refractivity contribution >= 4 is 11.0 Å². The Balaban J connectivity index is 2.69. The molecule has 0 aliphatic rings. The highest BCUT2D eigenvalue weighted by atomic mass is 19.4. The fourth-order valence-corrected chi connectivity index (χ4v) is 1.73. The van der Waals surface area contributed by atoms with Crippen LogP contribution in [0.1, 0.15) is 5.56 Å². The molecule has 2 aromatic rings. The summed E-state index contributed by atoms with van der Waals surface area (Å²) in [6.07, 6.45) is -4.40. The summed E-state index contributed by atoms with van der Waals surface area (Å²) in [5, 5.41) is 0. The van der Waals surface area contributed by atoms with Gasteiger partial charge in [0.25, 0.3) is 0 Å². The van der Waals surface area contributed by atoms with Crippen molar-refractivity contribution in [1.82, 2.24) is 9.55 Å². The number of fused-ring (bicyclic) bond motifs is 1. The third-order valence-corrected chi connectivity index (χ3v) is 2.33. The molecule has 0 aliphatic carbocycles. The summed E-state index contributed by atoms with van der Waals surface area (Å²) in [5.41, 5.74) is 0.640. The van der Waals surface area contributed by atoms with E-state index in [1.165, 1.54) is 0 Å². The quantitative estimate of drug-likeness (QED) is 0.801. The van der Waals surface area contributed by atoms with Gasteiger partial charge in [-0.2, -0.15) is 13.2 Å². The van der Waals surface area contributed by atoms with Crippen LogP contribution in [0.4, 0.5) is 13.2 Å². The number of para-hydroxylation sites is 1. The molecular formula is C10H9F3N2O. The van der Waals surface area contributed by atoms with Gasteiger partial charge in [0, 0.05) is 0 Å². The van der Waals surface area contributed by atoms with Crippen molar-refractivity contribution in [2.24, 2.45) is 0 Å². The van der Waals surface area contributed by atoms with E-state index in [1.807, 2.05) is 0 Å². The lowest BCUT2D eigenvalue weighted by molar-refractivity contribution is -0.140. The molecule has 0 aliphatic heterocycles. The standard InChI is InChI=1S/C10H9F3N2O/c1-6-3-2-4-7-8(6)15(9(16)14-7)5-10(11,12)13/h2-4H,5H2,1H3,(H,14,16). The first-order valence-electron chi connectivity index (χ1n) is 4.63.